The standard InChI is InChI=1S/C18H19N5O2/c1-2-25-16-10-8-15(9-11-16)20-18(24)17(23-13-19-21-22-23)12-14-6-4-3-5-7-14/h3-11,13,17H,2,12H2,1H3,(H,20,24). The lowest BCUT2D eigenvalue weighted by Gasteiger charge is -2.16. The van der Waals surface area contributed by atoms with Crippen molar-refractivity contribution in [1.82, 2.24) is 20.2 Å². The third-order valence-electron chi connectivity index (χ3n) is 3.69. The van der Waals surface area contributed by atoms with Gasteiger partial charge in [0, 0.05) is 12.1 Å². The maximum absolute atomic E-state index is 12.8. The van der Waals surface area contributed by atoms with Gasteiger partial charge in [0.1, 0.15) is 18.1 Å². The number of carbonyl (C=O) groups excluding carboxylic acids is 1. The number of ether oxygens (including phenoxy) is 1. The summed E-state index contributed by atoms with van der Waals surface area (Å²) in [5.41, 5.74) is 1.73. The first-order valence-electron chi connectivity index (χ1n) is 8.06. The largest absolute Gasteiger partial charge is 0.494 e. The number of rotatable bonds is 7. The molecule has 0 aliphatic carbocycles. The monoisotopic (exact) mass is 337 g/mol. The number of carbonyl (C=O) groups is 1. The number of nitrogens with zero attached hydrogens (tertiary/aromatic N) is 4. The quantitative estimate of drug-likeness (QED) is 0.716. The number of nitrogens with one attached hydrogen (secondary N) is 1. The molecule has 7 nitrogen and oxygen atoms in total. The first kappa shape index (κ1) is 16.6. The molecule has 0 saturated heterocycles. The fraction of sp³-hybridized carbons (Fsp3) is 0.222. The second-order valence-corrected chi connectivity index (χ2v) is 5.44. The van der Waals surface area contributed by atoms with Crippen LogP contribution in [0.2, 0.25) is 0 Å². The Bertz CT molecular complexity index is 788. The van der Waals surface area contributed by atoms with Gasteiger partial charge in [0.25, 0.3) is 0 Å². The lowest BCUT2D eigenvalue weighted by Crippen LogP contribution is -2.28. The van der Waals surface area contributed by atoms with Gasteiger partial charge < -0.3 is 10.1 Å². The molecular weight excluding hydrogens is 318 g/mol. The predicted octanol–water partition coefficient (Wildman–Crippen LogP) is 2.49. The SMILES string of the molecule is CCOc1ccc(NC(=O)C(Cc2ccccc2)n2cnnn2)cc1. The Kier molecular flexibility index (Phi) is 5.36. The highest BCUT2D eigenvalue weighted by Crippen LogP contribution is 2.19. The summed E-state index contributed by atoms with van der Waals surface area (Å²) in [6, 6.07) is 16.5. The smallest absolute Gasteiger partial charge is 0.249 e. The summed E-state index contributed by atoms with van der Waals surface area (Å²) in [5, 5.41) is 14.1. The van der Waals surface area contributed by atoms with Crippen LogP contribution in [0.5, 0.6) is 5.75 Å². The molecule has 1 N–H and O–H groups in total. The number of benzene rings is 2. The number of tetrazole rings is 1. The number of amides is 1. The van der Waals surface area contributed by atoms with Crippen molar-refractivity contribution in [3.05, 3.63) is 66.5 Å². The topological polar surface area (TPSA) is 81.9 Å². The summed E-state index contributed by atoms with van der Waals surface area (Å²) < 4.78 is 6.88. The Morgan fingerprint density at radius 3 is 2.56 bits per heavy atom. The highest BCUT2D eigenvalue weighted by molar-refractivity contribution is 5.93. The van der Waals surface area contributed by atoms with Crippen LogP contribution >= 0.6 is 0 Å². The van der Waals surface area contributed by atoms with E-state index in [9.17, 15) is 4.79 Å². The minimum absolute atomic E-state index is 0.180. The van der Waals surface area contributed by atoms with E-state index in [-0.39, 0.29) is 5.91 Å². The Morgan fingerprint density at radius 1 is 1.16 bits per heavy atom. The molecule has 3 aromatic rings. The van der Waals surface area contributed by atoms with Crippen LogP contribution in [0.15, 0.2) is 60.9 Å². The molecule has 1 amide bonds. The third kappa shape index (κ3) is 4.41. The van der Waals surface area contributed by atoms with E-state index in [4.69, 9.17) is 4.74 Å². The lowest BCUT2D eigenvalue weighted by atomic mass is 10.1. The molecule has 1 aromatic heterocycles. The van der Waals surface area contributed by atoms with E-state index in [2.05, 4.69) is 20.8 Å². The number of hydrogen-bond acceptors (Lipinski definition) is 5. The van der Waals surface area contributed by atoms with Gasteiger partial charge in [0.2, 0.25) is 5.91 Å². The van der Waals surface area contributed by atoms with E-state index in [0.717, 1.165) is 11.3 Å². The van der Waals surface area contributed by atoms with Crippen LogP contribution in [0, 0.1) is 0 Å². The van der Waals surface area contributed by atoms with Crippen molar-refractivity contribution < 1.29 is 9.53 Å². The van der Waals surface area contributed by atoms with Gasteiger partial charge in [0.05, 0.1) is 6.61 Å². The Morgan fingerprint density at radius 2 is 1.92 bits per heavy atom. The lowest BCUT2D eigenvalue weighted by molar-refractivity contribution is -0.119. The fourth-order valence-electron chi connectivity index (χ4n) is 2.48. The number of aromatic nitrogens is 4. The van der Waals surface area contributed by atoms with Gasteiger partial charge in [-0.3, -0.25) is 4.79 Å². The van der Waals surface area contributed by atoms with Gasteiger partial charge in [0.15, 0.2) is 0 Å². The van der Waals surface area contributed by atoms with Crippen molar-refractivity contribution in [2.75, 3.05) is 11.9 Å². The first-order valence-corrected chi connectivity index (χ1v) is 8.06. The molecule has 0 aliphatic heterocycles. The maximum atomic E-state index is 12.8. The van der Waals surface area contributed by atoms with Gasteiger partial charge in [-0.25, -0.2) is 4.68 Å². The van der Waals surface area contributed by atoms with Crippen LogP contribution < -0.4 is 10.1 Å². The van der Waals surface area contributed by atoms with Crippen LogP contribution in [0.3, 0.4) is 0 Å². The van der Waals surface area contributed by atoms with E-state index < -0.39 is 6.04 Å². The van der Waals surface area contributed by atoms with Gasteiger partial charge in [-0.05, 0) is 47.2 Å². The summed E-state index contributed by atoms with van der Waals surface area (Å²) in [7, 11) is 0. The molecule has 2 aromatic carbocycles. The van der Waals surface area contributed by atoms with Gasteiger partial charge in [-0.2, -0.15) is 0 Å². The maximum Gasteiger partial charge on any atom is 0.249 e. The summed E-state index contributed by atoms with van der Waals surface area (Å²) in [6.07, 6.45) is 1.94. The van der Waals surface area contributed by atoms with Crippen molar-refractivity contribution >= 4 is 11.6 Å². The van der Waals surface area contributed by atoms with Crippen molar-refractivity contribution in [3.63, 3.8) is 0 Å². The minimum Gasteiger partial charge on any atom is -0.494 e. The first-order chi connectivity index (χ1) is 12.3. The summed E-state index contributed by atoms with van der Waals surface area (Å²) in [5.74, 6) is 0.585. The Hall–Kier alpha value is -3.22. The molecule has 0 spiro atoms. The summed E-state index contributed by atoms with van der Waals surface area (Å²) in [4.78, 5) is 12.8. The van der Waals surface area contributed by atoms with Crippen molar-refractivity contribution in [2.45, 2.75) is 19.4 Å². The average molecular weight is 337 g/mol. The highest BCUT2D eigenvalue weighted by atomic mass is 16.5. The van der Waals surface area contributed by atoms with E-state index in [1.165, 1.54) is 11.0 Å². The van der Waals surface area contributed by atoms with Crippen molar-refractivity contribution in [1.29, 1.82) is 0 Å². The number of hydrogen-bond donors (Lipinski definition) is 1. The predicted molar refractivity (Wildman–Crippen MR) is 93.2 cm³/mol. The van der Waals surface area contributed by atoms with Crippen molar-refractivity contribution in [3.8, 4) is 5.75 Å². The summed E-state index contributed by atoms with van der Waals surface area (Å²) >= 11 is 0. The molecule has 0 radical (unpaired) electrons. The molecule has 3 rings (SSSR count). The van der Waals surface area contributed by atoms with E-state index in [1.54, 1.807) is 0 Å². The van der Waals surface area contributed by atoms with Crippen molar-refractivity contribution in [2.24, 2.45) is 0 Å². The van der Waals surface area contributed by atoms with E-state index in [0.29, 0.717) is 18.7 Å². The van der Waals surface area contributed by atoms with Crippen LogP contribution in [-0.4, -0.2) is 32.7 Å². The van der Waals surface area contributed by atoms with Crippen LogP contribution in [0.1, 0.15) is 18.5 Å². The molecule has 1 unspecified atom stereocenters. The fourth-order valence-corrected chi connectivity index (χ4v) is 2.48. The summed E-state index contributed by atoms with van der Waals surface area (Å²) in [6.45, 7) is 2.53. The van der Waals surface area contributed by atoms with Crippen LogP contribution in [0.25, 0.3) is 0 Å². The Labute approximate surface area is 145 Å². The number of anilines is 1. The molecule has 7 heteroatoms. The van der Waals surface area contributed by atoms with E-state index in [1.807, 2.05) is 61.5 Å². The average Bonchev–Trinajstić information content (AvgIpc) is 3.17. The third-order valence-corrected chi connectivity index (χ3v) is 3.69. The van der Waals surface area contributed by atoms with Gasteiger partial charge in [-0.15, -0.1) is 5.10 Å². The molecule has 0 fully saturated rings. The minimum atomic E-state index is -0.538. The van der Waals surface area contributed by atoms with Crippen LogP contribution in [0.4, 0.5) is 5.69 Å². The zero-order chi connectivity index (χ0) is 17.5. The highest BCUT2D eigenvalue weighted by Gasteiger charge is 2.22. The molecule has 0 bridgehead atoms. The van der Waals surface area contributed by atoms with Gasteiger partial charge >= 0.3 is 0 Å². The normalized spacial score (nSPS) is 11.7. The Balaban J connectivity index is 1.75. The zero-order valence-electron chi connectivity index (χ0n) is 13.9. The van der Waals surface area contributed by atoms with E-state index >= 15 is 0 Å². The molecule has 0 aliphatic rings. The zero-order valence-corrected chi connectivity index (χ0v) is 13.9. The molecule has 0 saturated carbocycles. The van der Waals surface area contributed by atoms with Crippen LogP contribution in [-0.2, 0) is 11.2 Å². The molecular formula is C18H19N5O2. The second-order valence-electron chi connectivity index (χ2n) is 5.44. The molecule has 1 heterocycles. The molecule has 128 valence electrons. The molecule has 1 atom stereocenters. The second kappa shape index (κ2) is 8.05. The van der Waals surface area contributed by atoms with Gasteiger partial charge in [-0.1, -0.05) is 30.3 Å². The molecule has 25 heavy (non-hydrogen) atoms.